The van der Waals surface area contributed by atoms with Gasteiger partial charge in [-0.05, 0) is 0 Å². The van der Waals surface area contributed by atoms with Gasteiger partial charge in [0.2, 0.25) is 11.7 Å². The molecule has 0 aromatic rings. The zero-order valence-corrected chi connectivity index (χ0v) is 12.1. The lowest BCUT2D eigenvalue weighted by Crippen LogP contribution is -2.46. The molecule has 0 aliphatic carbocycles. The Morgan fingerprint density at radius 3 is 1.81 bits per heavy atom. The first-order valence-corrected chi connectivity index (χ1v) is 6.05. The summed E-state index contributed by atoms with van der Waals surface area (Å²) in [7, 11) is 0. The molecule has 2 aliphatic heterocycles. The molecule has 0 bridgehead atoms. The number of hydrogen-bond acceptors (Lipinski definition) is 8. The number of esters is 3. The zero-order chi connectivity index (χ0) is 16.3. The average Bonchev–Trinajstić information content (AvgIpc) is 2.25. The second-order valence-corrected chi connectivity index (χ2v) is 5.10. The highest BCUT2D eigenvalue weighted by Crippen LogP contribution is 2.21. The minimum atomic E-state index is -1.42. The molecule has 0 unspecified atom stereocenters. The fourth-order valence-electron chi connectivity index (χ4n) is 1.39. The van der Waals surface area contributed by atoms with Gasteiger partial charge in [-0.15, -0.1) is 0 Å². The van der Waals surface area contributed by atoms with E-state index in [4.69, 9.17) is 9.47 Å². The third-order valence-corrected chi connectivity index (χ3v) is 2.24. The first-order valence-electron chi connectivity index (χ1n) is 6.05. The van der Waals surface area contributed by atoms with E-state index in [1.165, 1.54) is 26.2 Å². The van der Waals surface area contributed by atoms with Crippen LogP contribution in [0.1, 0.15) is 27.7 Å². The van der Waals surface area contributed by atoms with Crippen LogP contribution in [0.25, 0.3) is 0 Å². The maximum Gasteiger partial charge on any atom is 0.337 e. The monoisotopic (exact) mass is 300 g/mol. The molecule has 1 saturated heterocycles. The van der Waals surface area contributed by atoms with E-state index in [0.29, 0.717) is 0 Å². The van der Waals surface area contributed by atoms with Crippen LogP contribution in [0, 0.1) is 5.92 Å². The van der Waals surface area contributed by atoms with Gasteiger partial charge in [0.15, 0.2) is 0 Å². The lowest BCUT2D eigenvalue weighted by atomic mass is 10.1. The summed E-state index contributed by atoms with van der Waals surface area (Å²) in [5, 5.41) is 0. The third-order valence-electron chi connectivity index (χ3n) is 2.24. The first-order chi connectivity index (χ1) is 9.56. The fraction of sp³-hybridized carbons (Fsp3) is 0.538. The Morgan fingerprint density at radius 2 is 1.48 bits per heavy atom. The van der Waals surface area contributed by atoms with Crippen LogP contribution in [0.15, 0.2) is 12.3 Å². The van der Waals surface area contributed by atoms with Gasteiger partial charge in [-0.1, -0.05) is 0 Å². The van der Waals surface area contributed by atoms with Crippen LogP contribution in [0.3, 0.4) is 0 Å². The number of carbonyl (C=O) groups is 4. The number of carbonyl (C=O) groups excluding carboxylic acids is 4. The summed E-state index contributed by atoms with van der Waals surface area (Å²) in [5.41, 5.74) is 0. The highest BCUT2D eigenvalue weighted by molar-refractivity contribution is 6.08. The van der Waals surface area contributed by atoms with E-state index in [0.717, 1.165) is 0 Å². The predicted molar refractivity (Wildman–Crippen MR) is 66.2 cm³/mol. The molecule has 1 fully saturated rings. The van der Waals surface area contributed by atoms with E-state index in [1.54, 1.807) is 13.8 Å². The minimum absolute atomic E-state index is 0.208. The third kappa shape index (κ3) is 4.90. The summed E-state index contributed by atoms with van der Waals surface area (Å²) in [6.07, 6.45) is 2.79. The molecule has 0 aromatic heterocycles. The number of ether oxygens (including phenoxy) is 4. The lowest BCUT2D eigenvalue weighted by molar-refractivity contribution is -0.237. The number of aldehydes is 1. The predicted octanol–water partition coefficient (Wildman–Crippen LogP) is 0.447. The van der Waals surface area contributed by atoms with Gasteiger partial charge >= 0.3 is 17.9 Å². The van der Waals surface area contributed by atoms with Crippen molar-refractivity contribution in [2.75, 3.05) is 0 Å². The molecular weight excluding hydrogens is 284 g/mol. The molecule has 0 aromatic carbocycles. The largest absolute Gasteiger partial charge is 0.460 e. The van der Waals surface area contributed by atoms with Crippen LogP contribution in [0.5, 0.6) is 0 Å². The van der Waals surface area contributed by atoms with Crippen LogP contribution >= 0.6 is 0 Å². The van der Waals surface area contributed by atoms with Gasteiger partial charge in [-0.25, -0.2) is 4.79 Å². The molecule has 2 heterocycles. The van der Waals surface area contributed by atoms with Crippen molar-refractivity contribution in [3.8, 4) is 0 Å². The first kappa shape index (κ1) is 16.7. The van der Waals surface area contributed by atoms with Crippen LogP contribution in [0.4, 0.5) is 0 Å². The van der Waals surface area contributed by atoms with Gasteiger partial charge in [-0.2, -0.15) is 0 Å². The highest BCUT2D eigenvalue weighted by Gasteiger charge is 2.42. The minimum Gasteiger partial charge on any atom is -0.460 e. The van der Waals surface area contributed by atoms with Gasteiger partial charge in [0, 0.05) is 27.7 Å². The molecule has 0 N–H and O–H groups in total. The molecule has 2 aliphatic rings. The molecular formula is C13H16O8. The lowest BCUT2D eigenvalue weighted by Gasteiger charge is -2.30. The summed E-state index contributed by atoms with van der Waals surface area (Å²) in [5.74, 6) is -5.53. The molecule has 8 heteroatoms. The van der Waals surface area contributed by atoms with Crippen molar-refractivity contribution >= 4 is 24.2 Å². The maximum atomic E-state index is 10.9. The van der Waals surface area contributed by atoms with Crippen molar-refractivity contribution in [1.82, 2.24) is 0 Å². The van der Waals surface area contributed by atoms with E-state index >= 15 is 0 Å². The Balaban J connectivity index is 0.000000219. The SMILES string of the molecule is CC1(C)OC(=O)C(C=O)C(=O)O1.CC1(C)OC=CC(=O)O1. The van der Waals surface area contributed by atoms with E-state index in [-0.39, 0.29) is 12.3 Å². The Morgan fingerprint density at radius 1 is 0.952 bits per heavy atom. The summed E-state index contributed by atoms with van der Waals surface area (Å²) in [6, 6.07) is 0. The number of hydrogen-bond donors (Lipinski definition) is 0. The summed E-state index contributed by atoms with van der Waals surface area (Å²) in [4.78, 5) is 42.5. The average molecular weight is 300 g/mol. The Bertz CT molecular complexity index is 468. The molecule has 0 saturated carbocycles. The van der Waals surface area contributed by atoms with Crippen molar-refractivity contribution < 1.29 is 38.1 Å². The van der Waals surface area contributed by atoms with Gasteiger partial charge in [0.25, 0.3) is 5.79 Å². The second kappa shape index (κ2) is 5.94. The molecule has 0 amide bonds. The van der Waals surface area contributed by atoms with E-state index < -0.39 is 29.4 Å². The van der Waals surface area contributed by atoms with Crippen molar-refractivity contribution in [3.63, 3.8) is 0 Å². The molecule has 116 valence electrons. The van der Waals surface area contributed by atoms with Crippen molar-refractivity contribution in [1.29, 1.82) is 0 Å². The van der Waals surface area contributed by atoms with Crippen LogP contribution in [-0.2, 0) is 38.1 Å². The summed E-state index contributed by atoms with van der Waals surface area (Å²) >= 11 is 0. The van der Waals surface area contributed by atoms with E-state index in [2.05, 4.69) is 9.47 Å². The Kier molecular flexibility index (Phi) is 4.72. The zero-order valence-electron chi connectivity index (χ0n) is 12.1. The van der Waals surface area contributed by atoms with Gasteiger partial charge < -0.3 is 23.7 Å². The highest BCUT2D eigenvalue weighted by atomic mass is 16.7. The number of cyclic esters (lactones) is 3. The Hall–Kier alpha value is -2.38. The van der Waals surface area contributed by atoms with Crippen LogP contribution in [0.2, 0.25) is 0 Å². The van der Waals surface area contributed by atoms with Crippen molar-refractivity contribution in [2.24, 2.45) is 5.92 Å². The molecule has 0 radical (unpaired) electrons. The topological polar surface area (TPSA) is 105 Å². The normalized spacial score (nSPS) is 22.8. The van der Waals surface area contributed by atoms with Gasteiger partial charge in [0.1, 0.15) is 6.29 Å². The summed E-state index contributed by atoms with van der Waals surface area (Å²) < 4.78 is 18.9. The molecule has 0 atom stereocenters. The van der Waals surface area contributed by atoms with Crippen molar-refractivity contribution in [2.45, 2.75) is 39.3 Å². The second-order valence-electron chi connectivity index (χ2n) is 5.10. The maximum absolute atomic E-state index is 10.9. The van der Waals surface area contributed by atoms with E-state index in [9.17, 15) is 19.2 Å². The van der Waals surface area contributed by atoms with Gasteiger partial charge in [-0.3, -0.25) is 9.59 Å². The van der Waals surface area contributed by atoms with Gasteiger partial charge in [0.05, 0.1) is 12.3 Å². The molecule has 0 spiro atoms. The van der Waals surface area contributed by atoms with Crippen LogP contribution < -0.4 is 0 Å². The molecule has 8 nitrogen and oxygen atoms in total. The fourth-order valence-corrected chi connectivity index (χ4v) is 1.39. The number of rotatable bonds is 1. The summed E-state index contributed by atoms with van der Waals surface area (Å²) in [6.45, 7) is 6.19. The smallest absolute Gasteiger partial charge is 0.337 e. The molecule has 21 heavy (non-hydrogen) atoms. The van der Waals surface area contributed by atoms with Crippen LogP contribution in [-0.4, -0.2) is 35.8 Å². The standard InChI is InChI=1S/C7H8O5.C6H8O3/c1-7(2)11-5(9)4(3-8)6(10)12-7;1-6(2)8-4-3-5(7)9-6/h3-4H,1-2H3;3-4H,1-2H3. The van der Waals surface area contributed by atoms with Crippen molar-refractivity contribution in [3.05, 3.63) is 12.3 Å². The molecule has 2 rings (SSSR count). The quantitative estimate of drug-likeness (QED) is 0.390. The Labute approximate surface area is 121 Å². The van der Waals surface area contributed by atoms with E-state index in [1.807, 2.05) is 0 Å².